The van der Waals surface area contributed by atoms with E-state index in [1.165, 1.54) is 0 Å². The Morgan fingerprint density at radius 2 is 1.92 bits per heavy atom. The predicted octanol–water partition coefficient (Wildman–Crippen LogP) is 3.58. The molecular weight excluding hydrogens is 326 g/mol. The van der Waals surface area contributed by atoms with Crippen molar-refractivity contribution < 1.29 is 9.59 Å². The van der Waals surface area contributed by atoms with Gasteiger partial charge in [0.2, 0.25) is 11.8 Å². The lowest BCUT2D eigenvalue weighted by Gasteiger charge is -2.33. The molecule has 1 atom stereocenters. The van der Waals surface area contributed by atoms with E-state index in [2.05, 4.69) is 38.3 Å². The van der Waals surface area contributed by atoms with E-state index in [-0.39, 0.29) is 29.8 Å². The first kappa shape index (κ1) is 20.5. The van der Waals surface area contributed by atoms with Crippen LogP contribution in [0.15, 0.2) is 18.3 Å². The molecule has 0 N–H and O–H groups in total. The molecule has 1 heterocycles. The number of hydrogen-bond acceptors (Lipinski definition) is 2. The Kier molecular flexibility index (Phi) is 6.53. The lowest BCUT2D eigenvalue weighted by atomic mass is 9.91. The van der Waals surface area contributed by atoms with E-state index in [9.17, 15) is 9.59 Å². The van der Waals surface area contributed by atoms with Gasteiger partial charge in [-0.05, 0) is 43.7 Å². The highest BCUT2D eigenvalue weighted by Gasteiger charge is 2.35. The van der Waals surface area contributed by atoms with Crippen LogP contribution >= 0.6 is 0 Å². The van der Waals surface area contributed by atoms with Gasteiger partial charge in [-0.3, -0.25) is 9.59 Å². The third kappa shape index (κ3) is 5.61. The molecule has 0 spiro atoms. The quantitative estimate of drug-likeness (QED) is 0.710. The summed E-state index contributed by atoms with van der Waals surface area (Å²) >= 11 is 0. The summed E-state index contributed by atoms with van der Waals surface area (Å²) in [6.45, 7) is 11.1. The van der Waals surface area contributed by atoms with Crippen LogP contribution in [0.2, 0.25) is 0 Å². The van der Waals surface area contributed by atoms with Crippen molar-refractivity contribution in [2.75, 3.05) is 6.54 Å². The first-order valence-electron chi connectivity index (χ1n) is 9.81. The van der Waals surface area contributed by atoms with Crippen molar-refractivity contribution in [2.45, 2.75) is 78.9 Å². The maximum absolute atomic E-state index is 13.1. The average molecular weight is 362 g/mol. The average Bonchev–Trinajstić information content (AvgIpc) is 3.30. The van der Waals surface area contributed by atoms with Crippen LogP contribution in [0, 0.1) is 5.41 Å². The lowest BCUT2D eigenvalue weighted by molar-refractivity contribution is -0.144. The first-order valence-corrected chi connectivity index (χ1v) is 9.81. The van der Waals surface area contributed by atoms with Gasteiger partial charge in [0.25, 0.3) is 0 Å². The van der Waals surface area contributed by atoms with E-state index in [0.717, 1.165) is 25.0 Å². The minimum absolute atomic E-state index is 0.0660. The van der Waals surface area contributed by atoms with Gasteiger partial charge in [-0.1, -0.05) is 27.7 Å². The number of nitrogens with zero attached hydrogens (tertiary/aromatic N) is 3. The second-order valence-corrected chi connectivity index (χ2v) is 8.88. The molecular formula is C21H35N3O2. The zero-order chi connectivity index (χ0) is 19.5. The van der Waals surface area contributed by atoms with Gasteiger partial charge in [-0.25, -0.2) is 0 Å². The highest BCUT2D eigenvalue weighted by molar-refractivity contribution is 5.85. The van der Waals surface area contributed by atoms with Gasteiger partial charge in [0, 0.05) is 37.4 Å². The van der Waals surface area contributed by atoms with E-state index in [1.54, 1.807) is 4.90 Å². The Morgan fingerprint density at radius 1 is 1.27 bits per heavy atom. The summed E-state index contributed by atoms with van der Waals surface area (Å²) in [6.07, 6.45) is 5.45. The Hall–Kier alpha value is -1.78. The van der Waals surface area contributed by atoms with Crippen LogP contribution in [-0.4, -0.2) is 44.8 Å². The highest BCUT2D eigenvalue weighted by atomic mass is 16.2. The molecule has 1 aromatic rings. The molecule has 0 aromatic carbocycles. The van der Waals surface area contributed by atoms with Crippen LogP contribution in [0.25, 0.3) is 0 Å². The fraction of sp³-hybridized carbons (Fsp3) is 0.714. The molecule has 0 saturated heterocycles. The van der Waals surface area contributed by atoms with Crippen molar-refractivity contribution in [3.05, 3.63) is 24.0 Å². The van der Waals surface area contributed by atoms with Crippen molar-refractivity contribution in [3.63, 3.8) is 0 Å². The zero-order valence-corrected chi connectivity index (χ0v) is 17.3. The number of rotatable bonds is 8. The van der Waals surface area contributed by atoms with Crippen LogP contribution < -0.4 is 0 Å². The molecule has 26 heavy (non-hydrogen) atoms. The van der Waals surface area contributed by atoms with Crippen molar-refractivity contribution in [1.29, 1.82) is 0 Å². The first-order chi connectivity index (χ1) is 12.1. The lowest BCUT2D eigenvalue weighted by Crippen LogP contribution is -2.47. The van der Waals surface area contributed by atoms with Gasteiger partial charge in [0.05, 0.1) is 6.54 Å². The predicted molar refractivity (Wildman–Crippen MR) is 105 cm³/mol. The maximum Gasteiger partial charge on any atom is 0.242 e. The minimum Gasteiger partial charge on any atom is -0.353 e. The van der Waals surface area contributed by atoms with E-state index in [1.807, 2.05) is 31.1 Å². The van der Waals surface area contributed by atoms with Crippen LogP contribution in [0.4, 0.5) is 0 Å². The number of aryl methyl sites for hydroxylation is 1. The summed E-state index contributed by atoms with van der Waals surface area (Å²) in [5.74, 6) is 0.145. The Morgan fingerprint density at radius 3 is 2.38 bits per heavy atom. The topological polar surface area (TPSA) is 45.6 Å². The Labute approximate surface area is 158 Å². The molecule has 1 fully saturated rings. The van der Waals surface area contributed by atoms with Gasteiger partial charge in [-0.2, -0.15) is 0 Å². The fourth-order valence-corrected chi connectivity index (χ4v) is 3.14. The normalized spacial score (nSPS) is 15.6. The van der Waals surface area contributed by atoms with Crippen molar-refractivity contribution >= 4 is 11.8 Å². The summed E-state index contributed by atoms with van der Waals surface area (Å²) in [7, 11) is 2.00. The van der Waals surface area contributed by atoms with E-state index < -0.39 is 0 Å². The van der Waals surface area contributed by atoms with Crippen LogP contribution in [0.3, 0.4) is 0 Å². The number of carbonyl (C=O) groups excluding carboxylic acids is 2. The molecule has 2 rings (SSSR count). The van der Waals surface area contributed by atoms with Gasteiger partial charge >= 0.3 is 0 Å². The summed E-state index contributed by atoms with van der Waals surface area (Å²) in [4.78, 5) is 29.7. The molecule has 0 bridgehead atoms. The number of carbonyl (C=O) groups is 2. The number of hydrogen-bond donors (Lipinski definition) is 0. The fourth-order valence-electron chi connectivity index (χ4n) is 3.14. The smallest absolute Gasteiger partial charge is 0.242 e. The molecule has 1 aliphatic carbocycles. The Balaban J connectivity index is 2.10. The third-order valence-electron chi connectivity index (χ3n) is 5.12. The van der Waals surface area contributed by atoms with Crippen LogP contribution in [-0.2, 0) is 23.2 Å². The summed E-state index contributed by atoms with van der Waals surface area (Å²) in [6, 6.07) is 4.46. The largest absolute Gasteiger partial charge is 0.353 e. The van der Waals surface area contributed by atoms with Crippen molar-refractivity contribution in [2.24, 2.45) is 12.5 Å². The standard InChI is InChI=1S/C21H35N3O2/c1-7-16(2)23(19(25)13-21(3,4)5)15-20(26)24(17-10-11-17)14-18-9-8-12-22(18)6/h8-9,12,16-17H,7,10-11,13-15H2,1-6H3/t16-/m0/s1. The van der Waals surface area contributed by atoms with E-state index >= 15 is 0 Å². The molecule has 0 radical (unpaired) electrons. The molecule has 0 aliphatic heterocycles. The maximum atomic E-state index is 13.1. The summed E-state index contributed by atoms with van der Waals surface area (Å²) in [5.41, 5.74) is 1.05. The van der Waals surface area contributed by atoms with Gasteiger partial charge in [-0.15, -0.1) is 0 Å². The molecule has 1 aliphatic rings. The second-order valence-electron chi connectivity index (χ2n) is 8.88. The number of aromatic nitrogens is 1. The van der Waals surface area contributed by atoms with E-state index in [4.69, 9.17) is 0 Å². The van der Waals surface area contributed by atoms with Crippen LogP contribution in [0.5, 0.6) is 0 Å². The van der Waals surface area contributed by atoms with Gasteiger partial charge in [0.1, 0.15) is 6.54 Å². The van der Waals surface area contributed by atoms with Crippen molar-refractivity contribution in [1.82, 2.24) is 14.4 Å². The Bertz CT molecular complexity index is 625. The monoisotopic (exact) mass is 361 g/mol. The highest BCUT2D eigenvalue weighted by Crippen LogP contribution is 2.29. The summed E-state index contributed by atoms with van der Waals surface area (Å²) in [5, 5.41) is 0. The minimum atomic E-state index is -0.0783. The third-order valence-corrected chi connectivity index (χ3v) is 5.12. The molecule has 2 amide bonds. The van der Waals surface area contributed by atoms with Gasteiger partial charge in [0.15, 0.2) is 0 Å². The van der Waals surface area contributed by atoms with Gasteiger partial charge < -0.3 is 14.4 Å². The molecule has 1 saturated carbocycles. The molecule has 0 unspecified atom stereocenters. The number of amides is 2. The molecule has 5 heteroatoms. The molecule has 146 valence electrons. The second kappa shape index (κ2) is 8.28. The van der Waals surface area contributed by atoms with E-state index in [0.29, 0.717) is 19.0 Å². The van der Waals surface area contributed by atoms with Crippen LogP contribution in [0.1, 0.15) is 66.0 Å². The summed E-state index contributed by atoms with van der Waals surface area (Å²) < 4.78 is 2.06. The SMILES string of the molecule is CC[C@H](C)N(CC(=O)N(Cc1cccn1C)C1CC1)C(=O)CC(C)(C)C. The van der Waals surface area contributed by atoms with Crippen molar-refractivity contribution in [3.8, 4) is 0 Å². The molecule has 1 aromatic heterocycles. The zero-order valence-electron chi connectivity index (χ0n) is 17.3. The molecule has 5 nitrogen and oxygen atoms in total.